The topological polar surface area (TPSA) is 113 Å². The molecule has 5 N–H and O–H groups in total. The van der Waals surface area contributed by atoms with Gasteiger partial charge in [0.15, 0.2) is 0 Å². The number of halogens is 5. The Balaban J connectivity index is 1.57. The molecule has 0 spiro atoms. The first-order chi connectivity index (χ1) is 18.0. The molecule has 12 heteroatoms. The lowest BCUT2D eigenvalue weighted by atomic mass is 9.83. The summed E-state index contributed by atoms with van der Waals surface area (Å²) in [5.74, 6) is -5.93. The minimum Gasteiger partial charge on any atom is -0.387 e. The van der Waals surface area contributed by atoms with Gasteiger partial charge in [-0.3, -0.25) is 4.79 Å². The second-order valence-corrected chi connectivity index (χ2v) is 10.5. The minimum absolute atomic E-state index is 0.0252. The van der Waals surface area contributed by atoms with Gasteiger partial charge >= 0.3 is 0 Å². The summed E-state index contributed by atoms with van der Waals surface area (Å²) in [5.41, 5.74) is 6.83. The third-order valence-electron chi connectivity index (χ3n) is 6.52. The number of amides is 1. The number of likely N-dealkylation sites (N-methyl/N-ethyl adjacent to an activating group) is 1. The lowest BCUT2D eigenvalue weighted by molar-refractivity contribution is -0.136. The van der Waals surface area contributed by atoms with Crippen molar-refractivity contribution in [2.24, 2.45) is 0 Å². The van der Waals surface area contributed by atoms with Crippen LogP contribution >= 0.6 is 22.6 Å². The average Bonchev–Trinajstić information content (AvgIpc) is 2.85. The summed E-state index contributed by atoms with van der Waals surface area (Å²) in [6.07, 6.45) is -0.769. The summed E-state index contributed by atoms with van der Waals surface area (Å²) in [6.45, 7) is 0.279. The van der Waals surface area contributed by atoms with Crippen molar-refractivity contribution in [3.63, 3.8) is 0 Å². The Labute approximate surface area is 230 Å². The van der Waals surface area contributed by atoms with E-state index in [1.165, 1.54) is 30.5 Å². The summed E-state index contributed by atoms with van der Waals surface area (Å²) >= 11 is 1.97. The van der Waals surface area contributed by atoms with Gasteiger partial charge in [-0.2, -0.15) is 0 Å². The van der Waals surface area contributed by atoms with Crippen LogP contribution in [0.3, 0.4) is 0 Å². The van der Waals surface area contributed by atoms with Crippen LogP contribution in [0.4, 0.5) is 23.4 Å². The number of nitrogens with zero attached hydrogens (tertiary/aromatic N) is 2. The van der Waals surface area contributed by atoms with Crippen molar-refractivity contribution < 1.29 is 27.5 Å². The molecule has 3 aromatic rings. The van der Waals surface area contributed by atoms with Crippen molar-refractivity contribution in [2.45, 2.75) is 43.2 Å². The molecule has 1 amide bonds. The summed E-state index contributed by atoms with van der Waals surface area (Å²) < 4.78 is 57.8. The fourth-order valence-corrected chi connectivity index (χ4v) is 5.18. The number of hydrogen-bond donors (Lipinski definition) is 4. The van der Waals surface area contributed by atoms with E-state index in [4.69, 9.17) is 5.73 Å². The second-order valence-electron chi connectivity index (χ2n) is 9.27. The molecule has 1 aliphatic carbocycles. The number of aliphatic hydroxyl groups is 1. The number of alkyl halides is 2. The van der Waals surface area contributed by atoms with Gasteiger partial charge < -0.3 is 21.5 Å². The van der Waals surface area contributed by atoms with Crippen LogP contribution in [0.1, 0.15) is 52.8 Å². The van der Waals surface area contributed by atoms with Crippen molar-refractivity contribution in [1.29, 1.82) is 0 Å². The highest BCUT2D eigenvalue weighted by molar-refractivity contribution is 14.1. The Morgan fingerprint density at radius 3 is 2.66 bits per heavy atom. The van der Waals surface area contributed by atoms with E-state index in [1.807, 2.05) is 22.6 Å². The molecule has 1 aromatic heterocycles. The Morgan fingerprint density at radius 1 is 1.24 bits per heavy atom. The first-order valence-corrected chi connectivity index (χ1v) is 13.0. The Kier molecular flexibility index (Phi) is 8.52. The number of nitrogens with two attached hydrogens (primary N) is 1. The van der Waals surface area contributed by atoms with E-state index in [1.54, 1.807) is 13.1 Å². The fourth-order valence-electron chi connectivity index (χ4n) is 4.53. The molecule has 0 bridgehead atoms. The largest absolute Gasteiger partial charge is 0.387 e. The summed E-state index contributed by atoms with van der Waals surface area (Å²) in [6, 6.07) is 7.55. The molecule has 2 aromatic carbocycles. The van der Waals surface area contributed by atoms with E-state index in [2.05, 4.69) is 20.6 Å². The van der Waals surface area contributed by atoms with Gasteiger partial charge in [0.05, 0.1) is 23.5 Å². The monoisotopic (exact) mass is 643 g/mol. The quantitative estimate of drug-likeness (QED) is 0.222. The number of anilines is 1. The highest BCUT2D eigenvalue weighted by Crippen LogP contribution is 2.42. The van der Waals surface area contributed by atoms with Crippen LogP contribution < -0.4 is 16.4 Å². The zero-order chi connectivity index (χ0) is 27.6. The highest BCUT2D eigenvalue weighted by Gasteiger charge is 2.45. The van der Waals surface area contributed by atoms with E-state index in [-0.39, 0.29) is 41.3 Å². The number of nitrogen functional groups attached to an aromatic ring is 1. The number of carbonyl (C=O) groups excluding carboxylic acids is 1. The van der Waals surface area contributed by atoms with Crippen LogP contribution in [0.5, 0.6) is 0 Å². The van der Waals surface area contributed by atoms with Crippen LogP contribution in [-0.4, -0.2) is 46.6 Å². The molecule has 1 heterocycles. The number of benzene rings is 2. The van der Waals surface area contributed by atoms with Crippen LogP contribution in [-0.2, 0) is 0 Å². The predicted molar refractivity (Wildman–Crippen MR) is 143 cm³/mol. The summed E-state index contributed by atoms with van der Waals surface area (Å²) in [7, 11) is 1.68. The smallest absolute Gasteiger partial charge is 0.274 e. The molecule has 0 saturated heterocycles. The van der Waals surface area contributed by atoms with Gasteiger partial charge in [0.1, 0.15) is 29.3 Å². The highest BCUT2D eigenvalue weighted by atomic mass is 127. The molecule has 1 saturated carbocycles. The van der Waals surface area contributed by atoms with Gasteiger partial charge in [-0.05, 0) is 78.4 Å². The van der Waals surface area contributed by atoms with Gasteiger partial charge in [-0.15, -0.1) is 0 Å². The number of rotatable bonds is 7. The zero-order valence-electron chi connectivity index (χ0n) is 20.3. The van der Waals surface area contributed by atoms with Crippen LogP contribution in [0, 0.1) is 15.2 Å². The SMILES string of the molecule is CNC[C@@H](NC(=O)c1ccc(-c2nc([C@H]3CC[C@H](O)C(F)(F)C3)cnc2N)cc1F)c1cc(F)cc(I)c1. The molecule has 3 atom stereocenters. The average molecular weight is 643 g/mol. The molecule has 202 valence electrons. The molecular weight excluding hydrogens is 617 g/mol. The van der Waals surface area contributed by atoms with Crippen LogP contribution in [0.2, 0.25) is 0 Å². The Morgan fingerprint density at radius 2 is 2.00 bits per heavy atom. The number of nitrogens with one attached hydrogen (secondary N) is 2. The number of hydrogen-bond acceptors (Lipinski definition) is 6. The van der Waals surface area contributed by atoms with E-state index < -0.39 is 47.9 Å². The third-order valence-corrected chi connectivity index (χ3v) is 7.14. The van der Waals surface area contributed by atoms with Crippen LogP contribution in [0.25, 0.3) is 11.3 Å². The van der Waals surface area contributed by atoms with Gasteiger partial charge in [0, 0.05) is 28.0 Å². The molecule has 4 rings (SSSR count). The number of aromatic nitrogens is 2. The third kappa shape index (κ3) is 6.24. The zero-order valence-corrected chi connectivity index (χ0v) is 22.5. The van der Waals surface area contributed by atoms with Crippen molar-refractivity contribution >= 4 is 34.3 Å². The standard InChI is InChI=1S/C26H26F4IN5O2/c1-33-11-20(15-6-16(27)9-17(31)7-15)36-25(38)18-4-2-13(8-19(18)28)23-24(32)34-12-21(35-23)14-3-5-22(37)26(29,30)10-14/h2,4,6-9,12,14,20,22,33,37H,3,5,10-11H2,1H3,(H2,32,34)(H,36,38)/t14-,20+,22-/m0/s1. The lowest BCUT2D eigenvalue weighted by Crippen LogP contribution is -2.39. The van der Waals surface area contributed by atoms with Crippen molar-refractivity contribution in [2.75, 3.05) is 19.3 Å². The van der Waals surface area contributed by atoms with Crippen molar-refractivity contribution in [3.05, 3.63) is 74.6 Å². The van der Waals surface area contributed by atoms with Gasteiger partial charge in [-0.25, -0.2) is 27.5 Å². The lowest BCUT2D eigenvalue weighted by Gasteiger charge is -2.32. The normalized spacial score (nSPS) is 19.7. The fraction of sp³-hybridized carbons (Fsp3) is 0.346. The van der Waals surface area contributed by atoms with Crippen molar-refractivity contribution in [3.8, 4) is 11.3 Å². The maximum Gasteiger partial charge on any atom is 0.274 e. The van der Waals surface area contributed by atoms with E-state index in [0.717, 1.165) is 6.07 Å². The maximum atomic E-state index is 15.1. The molecule has 38 heavy (non-hydrogen) atoms. The van der Waals surface area contributed by atoms with E-state index in [9.17, 15) is 23.1 Å². The van der Waals surface area contributed by atoms with E-state index in [0.29, 0.717) is 15.6 Å². The molecule has 0 unspecified atom stereocenters. The van der Waals surface area contributed by atoms with Crippen LogP contribution in [0.15, 0.2) is 42.6 Å². The van der Waals surface area contributed by atoms with Gasteiger partial charge in [0.25, 0.3) is 11.8 Å². The minimum atomic E-state index is -3.25. The molecule has 7 nitrogen and oxygen atoms in total. The predicted octanol–water partition coefficient (Wildman–Crippen LogP) is 4.56. The number of carbonyl (C=O) groups is 1. The van der Waals surface area contributed by atoms with Gasteiger partial charge in [-0.1, -0.05) is 6.07 Å². The summed E-state index contributed by atoms with van der Waals surface area (Å²) in [5, 5.41) is 15.2. The maximum absolute atomic E-state index is 15.1. The molecule has 0 radical (unpaired) electrons. The molecule has 1 aliphatic rings. The number of aliphatic hydroxyl groups excluding tert-OH is 1. The molecular formula is C26H26F4IN5O2. The van der Waals surface area contributed by atoms with Crippen molar-refractivity contribution in [1.82, 2.24) is 20.6 Å². The Bertz CT molecular complexity index is 1320. The first-order valence-electron chi connectivity index (χ1n) is 11.9. The molecule has 1 fully saturated rings. The summed E-state index contributed by atoms with van der Waals surface area (Å²) in [4.78, 5) is 21.4. The Hall–Kier alpha value is -2.84. The molecule has 0 aliphatic heterocycles. The first kappa shape index (κ1) is 28.2. The second kappa shape index (κ2) is 11.5. The van der Waals surface area contributed by atoms with E-state index >= 15 is 4.39 Å². The van der Waals surface area contributed by atoms with Gasteiger partial charge in [0.2, 0.25) is 0 Å².